The van der Waals surface area contributed by atoms with Crippen molar-refractivity contribution in [2.75, 3.05) is 26.3 Å². The van der Waals surface area contributed by atoms with E-state index in [2.05, 4.69) is 4.74 Å². The van der Waals surface area contributed by atoms with E-state index in [0.717, 1.165) is 0 Å². The molecule has 0 aliphatic carbocycles. The van der Waals surface area contributed by atoms with E-state index in [1.165, 1.54) is 4.90 Å². The van der Waals surface area contributed by atoms with Crippen molar-refractivity contribution >= 4 is 17.8 Å². The van der Waals surface area contributed by atoms with Crippen LogP contribution in [0.25, 0.3) is 0 Å². The van der Waals surface area contributed by atoms with Gasteiger partial charge < -0.3 is 25.2 Å². The zero-order chi connectivity index (χ0) is 14.6. The van der Waals surface area contributed by atoms with Crippen molar-refractivity contribution < 1.29 is 29.0 Å². The molecule has 0 aromatic carbocycles. The molecule has 1 heterocycles. The zero-order valence-corrected chi connectivity index (χ0v) is 10.9. The summed E-state index contributed by atoms with van der Waals surface area (Å²) < 4.78 is 9.80. The van der Waals surface area contributed by atoms with Gasteiger partial charge in [0, 0.05) is 0 Å². The summed E-state index contributed by atoms with van der Waals surface area (Å²) in [5, 5.41) is 8.50. The van der Waals surface area contributed by atoms with E-state index in [0.29, 0.717) is 0 Å². The van der Waals surface area contributed by atoms with E-state index in [4.69, 9.17) is 15.6 Å². The fourth-order valence-corrected chi connectivity index (χ4v) is 1.77. The fourth-order valence-electron chi connectivity index (χ4n) is 1.77. The molecule has 1 aliphatic rings. The van der Waals surface area contributed by atoms with E-state index in [1.54, 1.807) is 13.8 Å². The molecule has 0 aromatic heterocycles. The molecular weight excluding hydrogens is 256 g/mol. The number of ether oxygens (including phenoxy) is 2. The number of hydrogen-bond acceptors (Lipinski definition) is 6. The van der Waals surface area contributed by atoms with E-state index < -0.39 is 36.1 Å². The van der Waals surface area contributed by atoms with Gasteiger partial charge in [-0.1, -0.05) is 0 Å². The Kier molecular flexibility index (Phi) is 4.84. The van der Waals surface area contributed by atoms with Gasteiger partial charge in [0.1, 0.15) is 12.2 Å². The number of nitrogens with zero attached hydrogens (tertiary/aromatic N) is 1. The number of esters is 1. The van der Waals surface area contributed by atoms with Gasteiger partial charge in [-0.3, -0.25) is 4.79 Å². The second-order valence-electron chi connectivity index (χ2n) is 4.56. The number of likely N-dealkylation sites (tertiary alicyclic amines) is 1. The van der Waals surface area contributed by atoms with Crippen LogP contribution in [0.2, 0.25) is 0 Å². The average molecular weight is 274 g/mol. The van der Waals surface area contributed by atoms with Crippen LogP contribution in [-0.2, 0) is 23.9 Å². The third-order valence-electron chi connectivity index (χ3n) is 2.71. The maximum absolute atomic E-state index is 11.8. The summed E-state index contributed by atoms with van der Waals surface area (Å²) in [7, 11) is 0. The Labute approximate surface area is 110 Å². The Morgan fingerprint density at radius 2 is 2.00 bits per heavy atom. The highest BCUT2D eigenvalue weighted by Gasteiger charge is 2.45. The van der Waals surface area contributed by atoms with Crippen molar-refractivity contribution in [1.29, 1.82) is 0 Å². The first-order valence-electron chi connectivity index (χ1n) is 5.86. The summed E-state index contributed by atoms with van der Waals surface area (Å²) in [5.41, 5.74) is 4.76. The lowest BCUT2D eigenvalue weighted by molar-refractivity contribution is -0.175. The second kappa shape index (κ2) is 5.98. The average Bonchev–Trinajstić information content (AvgIpc) is 2.31. The normalized spacial score (nSPS) is 18.4. The lowest BCUT2D eigenvalue weighted by atomic mass is 9.95. The van der Waals surface area contributed by atoms with Gasteiger partial charge in [-0.15, -0.1) is 0 Å². The van der Waals surface area contributed by atoms with Crippen LogP contribution in [-0.4, -0.2) is 65.8 Å². The summed E-state index contributed by atoms with van der Waals surface area (Å²) in [4.78, 5) is 34.8. The van der Waals surface area contributed by atoms with Crippen molar-refractivity contribution in [1.82, 2.24) is 4.90 Å². The molecule has 0 bridgehead atoms. The number of carboxylic acids is 1. The Morgan fingerprint density at radius 1 is 1.42 bits per heavy atom. The maximum Gasteiger partial charge on any atom is 0.332 e. The molecule has 1 aliphatic heterocycles. The number of rotatable bonds is 6. The maximum atomic E-state index is 11.8. The number of carboxylic acid groups (broad SMARTS) is 1. The monoisotopic (exact) mass is 274 g/mol. The minimum absolute atomic E-state index is 0.152. The molecule has 19 heavy (non-hydrogen) atoms. The van der Waals surface area contributed by atoms with Crippen LogP contribution < -0.4 is 5.73 Å². The molecule has 1 saturated heterocycles. The summed E-state index contributed by atoms with van der Waals surface area (Å²) >= 11 is 0. The molecule has 1 unspecified atom stereocenters. The highest BCUT2D eigenvalue weighted by Crippen LogP contribution is 2.25. The minimum Gasteiger partial charge on any atom is -0.480 e. The van der Waals surface area contributed by atoms with Crippen LogP contribution in [0.4, 0.5) is 0 Å². The van der Waals surface area contributed by atoms with Gasteiger partial charge in [0.25, 0.3) is 5.91 Å². The van der Waals surface area contributed by atoms with Crippen LogP contribution in [0.15, 0.2) is 0 Å². The Balaban J connectivity index is 2.42. The van der Waals surface area contributed by atoms with E-state index >= 15 is 0 Å². The van der Waals surface area contributed by atoms with Crippen LogP contribution in [0.5, 0.6) is 0 Å². The molecule has 1 rings (SSSR count). The number of amides is 1. The van der Waals surface area contributed by atoms with Crippen molar-refractivity contribution in [2.45, 2.75) is 25.5 Å². The summed E-state index contributed by atoms with van der Waals surface area (Å²) in [6, 6.07) is -1.34. The number of hydrogen-bond donors (Lipinski definition) is 2. The molecule has 0 saturated carbocycles. The minimum atomic E-state index is -1.34. The van der Waals surface area contributed by atoms with Gasteiger partial charge in [-0.05, 0) is 13.8 Å². The number of carbonyl (C=O) groups is 3. The fraction of sp³-hybridized carbons (Fsp3) is 0.727. The Bertz CT molecular complexity index is 377. The SMILES string of the molecule is CCOC(=O)C(N)C(=O)N1CC(C)(OCC(=O)O)C1. The molecule has 0 aromatic rings. The quantitative estimate of drug-likeness (QED) is 0.450. The van der Waals surface area contributed by atoms with Gasteiger partial charge in [-0.25, -0.2) is 9.59 Å². The Hall–Kier alpha value is -1.67. The molecule has 8 nitrogen and oxygen atoms in total. The van der Waals surface area contributed by atoms with E-state index in [9.17, 15) is 14.4 Å². The van der Waals surface area contributed by atoms with Crippen LogP contribution >= 0.6 is 0 Å². The molecule has 108 valence electrons. The lowest BCUT2D eigenvalue weighted by Gasteiger charge is -2.47. The van der Waals surface area contributed by atoms with Gasteiger partial charge in [-0.2, -0.15) is 0 Å². The summed E-state index contributed by atoms with van der Waals surface area (Å²) in [6.45, 7) is 3.44. The first kappa shape index (κ1) is 15.4. The highest BCUT2D eigenvalue weighted by molar-refractivity contribution is 6.02. The third kappa shape index (κ3) is 3.90. The molecule has 1 amide bonds. The predicted octanol–water partition coefficient (Wildman–Crippen LogP) is -1.42. The first-order chi connectivity index (χ1) is 8.79. The largest absolute Gasteiger partial charge is 0.480 e. The van der Waals surface area contributed by atoms with E-state index in [1.807, 2.05) is 0 Å². The van der Waals surface area contributed by atoms with Crippen LogP contribution in [0.3, 0.4) is 0 Å². The van der Waals surface area contributed by atoms with Crippen molar-refractivity contribution in [3.63, 3.8) is 0 Å². The van der Waals surface area contributed by atoms with Gasteiger partial charge in [0.15, 0.2) is 6.04 Å². The number of carbonyl (C=O) groups excluding carboxylic acids is 2. The van der Waals surface area contributed by atoms with Crippen molar-refractivity contribution in [3.8, 4) is 0 Å². The van der Waals surface area contributed by atoms with Crippen LogP contribution in [0.1, 0.15) is 13.8 Å². The molecular formula is C11H18N2O6. The molecule has 1 fully saturated rings. The molecule has 0 radical (unpaired) electrons. The third-order valence-corrected chi connectivity index (χ3v) is 2.71. The van der Waals surface area contributed by atoms with Crippen LogP contribution in [0, 0.1) is 0 Å². The predicted molar refractivity (Wildman–Crippen MR) is 63.2 cm³/mol. The standard InChI is InChI=1S/C11H18N2O6/c1-3-18-10(17)8(12)9(16)13-5-11(2,6-13)19-4-7(14)15/h8H,3-6,12H2,1-2H3,(H,14,15). The topological polar surface area (TPSA) is 119 Å². The summed E-state index contributed by atoms with van der Waals surface area (Å²) in [6.07, 6.45) is 0. The lowest BCUT2D eigenvalue weighted by Crippen LogP contribution is -2.66. The molecule has 8 heteroatoms. The Morgan fingerprint density at radius 3 is 2.47 bits per heavy atom. The summed E-state index contributed by atoms with van der Waals surface area (Å²) in [5.74, 6) is -2.39. The molecule has 0 spiro atoms. The first-order valence-corrected chi connectivity index (χ1v) is 5.86. The van der Waals surface area contributed by atoms with Crippen molar-refractivity contribution in [3.05, 3.63) is 0 Å². The van der Waals surface area contributed by atoms with Gasteiger partial charge in [0.2, 0.25) is 0 Å². The highest BCUT2D eigenvalue weighted by atomic mass is 16.5. The second-order valence-corrected chi connectivity index (χ2v) is 4.56. The molecule has 1 atom stereocenters. The van der Waals surface area contributed by atoms with Gasteiger partial charge in [0.05, 0.1) is 19.7 Å². The number of nitrogens with two attached hydrogens (primary N) is 1. The smallest absolute Gasteiger partial charge is 0.332 e. The van der Waals surface area contributed by atoms with Gasteiger partial charge >= 0.3 is 11.9 Å². The zero-order valence-electron chi connectivity index (χ0n) is 10.9. The van der Waals surface area contributed by atoms with Crippen molar-refractivity contribution in [2.24, 2.45) is 5.73 Å². The van der Waals surface area contributed by atoms with E-state index in [-0.39, 0.29) is 19.7 Å². The molecule has 3 N–H and O–H groups in total. The number of aliphatic carboxylic acids is 1.